The molecule has 2 saturated heterocycles. The average Bonchev–Trinajstić information content (AvgIpc) is 3.06. The van der Waals surface area contributed by atoms with E-state index in [1.807, 2.05) is 30.3 Å². The molecule has 8 heteroatoms. The van der Waals surface area contributed by atoms with Gasteiger partial charge in [0.05, 0.1) is 24.6 Å². The monoisotopic (exact) mass is 440 g/mol. The van der Waals surface area contributed by atoms with Crippen molar-refractivity contribution in [3.63, 3.8) is 0 Å². The van der Waals surface area contributed by atoms with Gasteiger partial charge in [0.25, 0.3) is 0 Å². The quantitative estimate of drug-likeness (QED) is 0.727. The summed E-state index contributed by atoms with van der Waals surface area (Å²) < 4.78 is 6.62. The predicted molar refractivity (Wildman–Crippen MR) is 105 cm³/mol. The van der Waals surface area contributed by atoms with Gasteiger partial charge in [0.15, 0.2) is 0 Å². The van der Waals surface area contributed by atoms with Gasteiger partial charge in [-0.3, -0.25) is 9.59 Å². The highest BCUT2D eigenvalue weighted by molar-refractivity contribution is 9.10. The molecule has 0 bridgehead atoms. The Labute approximate surface area is 170 Å². The SMILES string of the molecule is N#Cc1ccc(OC2CN(C(=O)C3CC(=O)N(c4cccc(Br)c4)C3)C2)nc1. The van der Waals surface area contributed by atoms with Crippen LogP contribution in [0, 0.1) is 17.2 Å². The summed E-state index contributed by atoms with van der Waals surface area (Å²) in [5.41, 5.74) is 1.27. The molecule has 0 saturated carbocycles. The van der Waals surface area contributed by atoms with Crippen molar-refractivity contribution in [1.82, 2.24) is 9.88 Å². The highest BCUT2D eigenvalue weighted by Gasteiger charge is 2.41. The number of hydrogen-bond acceptors (Lipinski definition) is 5. The van der Waals surface area contributed by atoms with E-state index in [-0.39, 0.29) is 30.3 Å². The third kappa shape index (κ3) is 3.71. The van der Waals surface area contributed by atoms with Gasteiger partial charge in [-0.05, 0) is 24.3 Å². The summed E-state index contributed by atoms with van der Waals surface area (Å²) in [6.45, 7) is 1.34. The van der Waals surface area contributed by atoms with E-state index in [9.17, 15) is 9.59 Å². The lowest BCUT2D eigenvalue weighted by molar-refractivity contribution is -0.144. The fourth-order valence-corrected chi connectivity index (χ4v) is 3.79. The van der Waals surface area contributed by atoms with E-state index in [1.54, 1.807) is 21.9 Å². The number of likely N-dealkylation sites (tertiary alicyclic amines) is 1. The van der Waals surface area contributed by atoms with Crippen molar-refractivity contribution >= 4 is 33.4 Å². The summed E-state index contributed by atoms with van der Waals surface area (Å²) in [6.07, 6.45) is 1.56. The standard InChI is InChI=1S/C20H17BrN4O3/c21-15-2-1-3-16(7-15)25-10-14(6-19(25)26)20(27)24-11-17(12-24)28-18-5-4-13(8-22)9-23-18/h1-5,7,9,14,17H,6,10-12H2. The summed E-state index contributed by atoms with van der Waals surface area (Å²) in [5, 5.41) is 8.79. The van der Waals surface area contributed by atoms with Crippen molar-refractivity contribution in [1.29, 1.82) is 5.26 Å². The molecule has 28 heavy (non-hydrogen) atoms. The van der Waals surface area contributed by atoms with Gasteiger partial charge >= 0.3 is 0 Å². The van der Waals surface area contributed by atoms with Crippen molar-refractivity contribution in [2.24, 2.45) is 5.92 Å². The minimum absolute atomic E-state index is 0.0153. The zero-order valence-electron chi connectivity index (χ0n) is 14.9. The number of halogens is 1. The molecule has 2 aliphatic heterocycles. The number of ether oxygens (including phenoxy) is 1. The van der Waals surface area contributed by atoms with Crippen LogP contribution in [0.5, 0.6) is 5.88 Å². The van der Waals surface area contributed by atoms with Crippen molar-refractivity contribution in [2.45, 2.75) is 12.5 Å². The normalized spacial score (nSPS) is 19.3. The predicted octanol–water partition coefficient (Wildman–Crippen LogP) is 2.36. The lowest BCUT2D eigenvalue weighted by atomic mass is 10.0. The minimum Gasteiger partial charge on any atom is -0.471 e. The maximum atomic E-state index is 12.7. The van der Waals surface area contributed by atoms with Crippen molar-refractivity contribution in [3.05, 3.63) is 52.6 Å². The van der Waals surface area contributed by atoms with Crippen LogP contribution in [0.2, 0.25) is 0 Å². The van der Waals surface area contributed by atoms with Gasteiger partial charge in [-0.1, -0.05) is 22.0 Å². The second-order valence-electron chi connectivity index (χ2n) is 6.87. The van der Waals surface area contributed by atoms with Crippen LogP contribution in [0.25, 0.3) is 0 Å². The van der Waals surface area contributed by atoms with E-state index in [1.165, 1.54) is 6.20 Å². The number of anilines is 1. The number of carbonyl (C=O) groups excluding carboxylic acids is 2. The van der Waals surface area contributed by atoms with E-state index < -0.39 is 0 Å². The van der Waals surface area contributed by atoms with E-state index in [0.29, 0.717) is 31.1 Å². The van der Waals surface area contributed by atoms with Gasteiger partial charge in [0.1, 0.15) is 12.2 Å². The number of rotatable bonds is 4. The molecule has 0 N–H and O–H groups in total. The molecule has 7 nitrogen and oxygen atoms in total. The number of amides is 2. The molecule has 2 fully saturated rings. The highest BCUT2D eigenvalue weighted by Crippen LogP contribution is 2.29. The molecular formula is C20H17BrN4O3. The van der Waals surface area contributed by atoms with Crippen LogP contribution in [-0.2, 0) is 9.59 Å². The number of hydrogen-bond donors (Lipinski definition) is 0. The van der Waals surface area contributed by atoms with E-state index in [2.05, 4.69) is 20.9 Å². The Balaban J connectivity index is 1.31. The molecular weight excluding hydrogens is 424 g/mol. The molecule has 1 atom stereocenters. The Morgan fingerprint density at radius 1 is 1.25 bits per heavy atom. The summed E-state index contributed by atoms with van der Waals surface area (Å²) in [5.74, 6) is 0.0541. The minimum atomic E-state index is -0.333. The molecule has 1 aromatic carbocycles. The van der Waals surface area contributed by atoms with Gasteiger partial charge < -0.3 is 14.5 Å². The number of pyridine rings is 1. The maximum Gasteiger partial charge on any atom is 0.228 e. The fraction of sp³-hybridized carbons (Fsp3) is 0.300. The molecule has 1 aromatic heterocycles. The van der Waals surface area contributed by atoms with Crippen LogP contribution in [0.3, 0.4) is 0 Å². The van der Waals surface area contributed by atoms with Crippen LogP contribution in [-0.4, -0.2) is 47.4 Å². The second-order valence-corrected chi connectivity index (χ2v) is 7.78. The van der Waals surface area contributed by atoms with E-state index >= 15 is 0 Å². The summed E-state index contributed by atoms with van der Waals surface area (Å²) in [7, 11) is 0. The lowest BCUT2D eigenvalue weighted by Gasteiger charge is -2.39. The van der Waals surface area contributed by atoms with Crippen LogP contribution in [0.4, 0.5) is 5.69 Å². The molecule has 4 rings (SSSR count). The zero-order valence-corrected chi connectivity index (χ0v) is 16.5. The molecule has 1 unspecified atom stereocenters. The second kappa shape index (κ2) is 7.60. The Kier molecular flexibility index (Phi) is 5.01. The smallest absolute Gasteiger partial charge is 0.228 e. The maximum absolute atomic E-state index is 12.7. The molecule has 0 radical (unpaired) electrons. The lowest BCUT2D eigenvalue weighted by Crippen LogP contribution is -2.57. The number of benzene rings is 1. The zero-order chi connectivity index (χ0) is 19.7. The summed E-state index contributed by atoms with van der Waals surface area (Å²) in [4.78, 5) is 32.6. The van der Waals surface area contributed by atoms with Gasteiger partial charge in [0, 0.05) is 35.4 Å². The number of nitrogens with zero attached hydrogens (tertiary/aromatic N) is 4. The Morgan fingerprint density at radius 3 is 2.75 bits per heavy atom. The van der Waals surface area contributed by atoms with Crippen LogP contribution in [0.1, 0.15) is 12.0 Å². The largest absolute Gasteiger partial charge is 0.471 e. The molecule has 142 valence electrons. The van der Waals surface area contributed by atoms with Crippen molar-refractivity contribution < 1.29 is 14.3 Å². The first-order chi connectivity index (χ1) is 13.5. The first-order valence-corrected chi connectivity index (χ1v) is 9.70. The summed E-state index contributed by atoms with van der Waals surface area (Å²) in [6, 6.07) is 12.8. The third-order valence-corrected chi connectivity index (χ3v) is 5.40. The van der Waals surface area contributed by atoms with Crippen LogP contribution >= 0.6 is 15.9 Å². The Morgan fingerprint density at radius 2 is 2.07 bits per heavy atom. The van der Waals surface area contributed by atoms with Crippen molar-refractivity contribution in [2.75, 3.05) is 24.5 Å². The number of carbonyl (C=O) groups is 2. The van der Waals surface area contributed by atoms with Crippen molar-refractivity contribution in [3.8, 4) is 11.9 Å². The van der Waals surface area contributed by atoms with Crippen LogP contribution < -0.4 is 9.64 Å². The van der Waals surface area contributed by atoms with Gasteiger partial charge in [-0.2, -0.15) is 5.26 Å². The molecule has 2 aromatic rings. The molecule has 2 amide bonds. The molecule has 0 spiro atoms. The molecule has 2 aliphatic rings. The van der Waals surface area contributed by atoms with Gasteiger partial charge in [0.2, 0.25) is 17.7 Å². The molecule has 3 heterocycles. The summed E-state index contributed by atoms with van der Waals surface area (Å²) >= 11 is 3.41. The number of aromatic nitrogens is 1. The Bertz CT molecular complexity index is 951. The fourth-order valence-electron chi connectivity index (χ4n) is 3.40. The van der Waals surface area contributed by atoms with E-state index in [4.69, 9.17) is 10.00 Å². The number of nitriles is 1. The topological polar surface area (TPSA) is 86.5 Å². The third-order valence-electron chi connectivity index (χ3n) is 4.91. The first-order valence-electron chi connectivity index (χ1n) is 8.91. The molecule has 0 aliphatic carbocycles. The Hall–Kier alpha value is -2.92. The van der Waals surface area contributed by atoms with Gasteiger partial charge in [-0.15, -0.1) is 0 Å². The average molecular weight is 441 g/mol. The van der Waals surface area contributed by atoms with Gasteiger partial charge in [-0.25, -0.2) is 4.98 Å². The first kappa shape index (κ1) is 18.4. The highest BCUT2D eigenvalue weighted by atomic mass is 79.9. The van der Waals surface area contributed by atoms with Crippen LogP contribution in [0.15, 0.2) is 47.1 Å². The van der Waals surface area contributed by atoms with E-state index in [0.717, 1.165) is 10.2 Å².